The van der Waals surface area contributed by atoms with Crippen LogP contribution in [0.1, 0.15) is 35.7 Å². The van der Waals surface area contributed by atoms with E-state index in [0.29, 0.717) is 48.1 Å². The van der Waals surface area contributed by atoms with E-state index >= 15 is 0 Å². The van der Waals surface area contributed by atoms with Gasteiger partial charge in [-0.1, -0.05) is 18.7 Å². The molecule has 2 aromatic heterocycles. The summed E-state index contributed by atoms with van der Waals surface area (Å²) >= 11 is 0. The van der Waals surface area contributed by atoms with Gasteiger partial charge in [-0.15, -0.1) is 4.98 Å². The van der Waals surface area contributed by atoms with Gasteiger partial charge in [-0.3, -0.25) is 14.6 Å². The molecule has 0 bridgehead atoms. The Kier molecular flexibility index (Phi) is 6.93. The summed E-state index contributed by atoms with van der Waals surface area (Å²) < 4.78 is 14.8. The van der Waals surface area contributed by atoms with Crippen molar-refractivity contribution in [2.24, 2.45) is 5.92 Å². The van der Waals surface area contributed by atoms with Crippen LogP contribution in [-0.2, 0) is 11.2 Å². The third-order valence-corrected chi connectivity index (χ3v) is 5.70. The molecule has 7 nitrogen and oxygen atoms in total. The monoisotopic (exact) mass is 457 g/mol. The van der Waals surface area contributed by atoms with E-state index < -0.39 is 5.82 Å². The number of aromatic nitrogens is 2. The lowest BCUT2D eigenvalue weighted by Crippen LogP contribution is -2.31. The molecule has 1 saturated carbocycles. The molecule has 1 aliphatic carbocycles. The van der Waals surface area contributed by atoms with Crippen LogP contribution in [0.5, 0.6) is 0 Å². The number of anilines is 1. The van der Waals surface area contributed by atoms with Crippen LogP contribution >= 0.6 is 0 Å². The highest BCUT2D eigenvalue weighted by atomic mass is 19.1. The summed E-state index contributed by atoms with van der Waals surface area (Å²) in [6.45, 7) is 9.32. The highest BCUT2D eigenvalue weighted by Gasteiger charge is 2.27. The molecule has 1 fully saturated rings. The van der Waals surface area contributed by atoms with Crippen LogP contribution in [0.2, 0.25) is 0 Å². The Morgan fingerprint density at radius 2 is 1.97 bits per heavy atom. The Morgan fingerprint density at radius 1 is 1.15 bits per heavy atom. The standard InChI is InChI=1S/C26H24FN5O2/c1-17(33)32(16-19-3-4-19)24-9-7-20(13-22(24)27)23-8-6-21(15-30-23)26(34)29-12-11-18-5-10-25(28-2)31-14-18/h5-10,13-15,19H,3-4,11-12,16H2,1H3,(H,29,34). The highest BCUT2D eigenvalue weighted by molar-refractivity contribution is 5.94. The summed E-state index contributed by atoms with van der Waals surface area (Å²) in [4.78, 5) is 37.5. The molecule has 34 heavy (non-hydrogen) atoms. The van der Waals surface area contributed by atoms with Crippen LogP contribution in [0.25, 0.3) is 16.1 Å². The van der Waals surface area contributed by atoms with Crippen molar-refractivity contribution in [3.63, 3.8) is 0 Å². The van der Waals surface area contributed by atoms with E-state index in [1.54, 1.807) is 36.5 Å². The maximum Gasteiger partial charge on any atom is 0.269 e. The lowest BCUT2D eigenvalue weighted by Gasteiger charge is -2.22. The minimum Gasteiger partial charge on any atom is -0.361 e. The fourth-order valence-corrected chi connectivity index (χ4v) is 3.59. The zero-order valence-corrected chi connectivity index (χ0v) is 18.8. The maximum atomic E-state index is 14.8. The van der Waals surface area contributed by atoms with E-state index in [4.69, 9.17) is 6.57 Å². The third-order valence-electron chi connectivity index (χ3n) is 5.70. The lowest BCUT2D eigenvalue weighted by molar-refractivity contribution is -0.116. The number of amides is 2. The van der Waals surface area contributed by atoms with Gasteiger partial charge in [0.15, 0.2) is 0 Å². The molecule has 0 spiro atoms. The predicted molar refractivity (Wildman–Crippen MR) is 127 cm³/mol. The summed E-state index contributed by atoms with van der Waals surface area (Å²) in [6, 6.07) is 11.5. The van der Waals surface area contributed by atoms with Crippen molar-refractivity contribution >= 4 is 23.3 Å². The number of pyridine rings is 2. The average Bonchev–Trinajstić information content (AvgIpc) is 3.67. The molecule has 3 aromatic rings. The fraction of sp³-hybridized carbons (Fsp3) is 0.269. The van der Waals surface area contributed by atoms with Crippen molar-refractivity contribution < 1.29 is 14.0 Å². The Labute approximate surface area is 197 Å². The molecule has 0 atom stereocenters. The minimum absolute atomic E-state index is 0.177. The summed E-state index contributed by atoms with van der Waals surface area (Å²) in [5.74, 6) is -0.129. The van der Waals surface area contributed by atoms with Crippen LogP contribution in [0.15, 0.2) is 54.9 Å². The zero-order valence-electron chi connectivity index (χ0n) is 18.8. The number of benzene rings is 1. The summed E-state index contributed by atoms with van der Waals surface area (Å²) in [5, 5.41) is 2.83. The molecule has 0 radical (unpaired) electrons. The molecule has 1 aromatic carbocycles. The number of carbonyl (C=O) groups excluding carboxylic acids is 2. The van der Waals surface area contributed by atoms with Crippen LogP contribution in [0.4, 0.5) is 15.9 Å². The SMILES string of the molecule is [C-]#[N+]c1ccc(CCNC(=O)c2ccc(-c3ccc(N(CC4CC4)C(C)=O)c(F)c3)nc2)cn1. The number of rotatable bonds is 8. The summed E-state index contributed by atoms with van der Waals surface area (Å²) in [6.07, 6.45) is 5.81. The van der Waals surface area contributed by atoms with Crippen molar-refractivity contribution in [3.05, 3.63) is 83.2 Å². The first-order valence-corrected chi connectivity index (χ1v) is 11.1. The smallest absolute Gasteiger partial charge is 0.269 e. The zero-order chi connectivity index (χ0) is 24.1. The van der Waals surface area contributed by atoms with E-state index in [9.17, 15) is 14.0 Å². The first kappa shape index (κ1) is 23.1. The number of nitrogens with zero attached hydrogens (tertiary/aromatic N) is 4. The molecule has 2 heterocycles. The van der Waals surface area contributed by atoms with Crippen molar-refractivity contribution in [2.45, 2.75) is 26.2 Å². The van der Waals surface area contributed by atoms with Gasteiger partial charge >= 0.3 is 0 Å². The van der Waals surface area contributed by atoms with Gasteiger partial charge in [-0.05, 0) is 61.1 Å². The van der Waals surface area contributed by atoms with Crippen molar-refractivity contribution in [2.75, 3.05) is 18.0 Å². The minimum atomic E-state index is -0.476. The number of carbonyl (C=O) groups is 2. The molecular weight excluding hydrogens is 433 g/mol. The van der Waals surface area contributed by atoms with Crippen molar-refractivity contribution in [3.8, 4) is 11.3 Å². The Bertz CT molecular complexity index is 1230. The van der Waals surface area contributed by atoms with E-state index in [0.717, 1.165) is 18.4 Å². The topological polar surface area (TPSA) is 79.5 Å². The normalized spacial score (nSPS) is 12.6. The van der Waals surface area contributed by atoms with E-state index in [2.05, 4.69) is 20.1 Å². The molecule has 1 aliphatic rings. The first-order valence-electron chi connectivity index (χ1n) is 11.1. The number of halogens is 1. The molecule has 0 aliphatic heterocycles. The third kappa shape index (κ3) is 5.62. The van der Waals surface area contributed by atoms with Crippen LogP contribution in [0, 0.1) is 18.3 Å². The van der Waals surface area contributed by atoms with Gasteiger partial charge in [-0.2, -0.15) is 0 Å². The van der Waals surface area contributed by atoms with Gasteiger partial charge in [0.2, 0.25) is 5.91 Å². The lowest BCUT2D eigenvalue weighted by atomic mass is 10.1. The van der Waals surface area contributed by atoms with Crippen LogP contribution in [0.3, 0.4) is 0 Å². The van der Waals surface area contributed by atoms with E-state index in [1.807, 2.05) is 6.07 Å². The quantitative estimate of drug-likeness (QED) is 0.503. The van der Waals surface area contributed by atoms with Crippen LogP contribution < -0.4 is 10.2 Å². The van der Waals surface area contributed by atoms with Gasteiger partial charge in [-0.25, -0.2) is 4.39 Å². The molecule has 1 N–H and O–H groups in total. The second-order valence-electron chi connectivity index (χ2n) is 8.31. The highest BCUT2D eigenvalue weighted by Crippen LogP contribution is 2.33. The van der Waals surface area contributed by atoms with Crippen molar-refractivity contribution in [1.29, 1.82) is 0 Å². The van der Waals surface area contributed by atoms with Gasteiger partial charge < -0.3 is 15.1 Å². The predicted octanol–water partition coefficient (Wildman–Crippen LogP) is 4.57. The fourth-order valence-electron chi connectivity index (χ4n) is 3.59. The Morgan fingerprint density at radius 3 is 2.56 bits per heavy atom. The van der Waals surface area contributed by atoms with Gasteiger partial charge in [0.25, 0.3) is 11.7 Å². The van der Waals surface area contributed by atoms with Gasteiger partial charge in [0, 0.05) is 31.8 Å². The maximum absolute atomic E-state index is 14.8. The Balaban J connectivity index is 1.37. The number of hydrogen-bond donors (Lipinski definition) is 1. The Hall–Kier alpha value is -4.12. The van der Waals surface area contributed by atoms with Gasteiger partial charge in [0.05, 0.1) is 16.9 Å². The first-order chi connectivity index (χ1) is 16.4. The number of hydrogen-bond acceptors (Lipinski definition) is 4. The number of nitrogens with one attached hydrogen (secondary N) is 1. The molecule has 4 rings (SSSR count). The second-order valence-corrected chi connectivity index (χ2v) is 8.31. The molecule has 0 saturated heterocycles. The molecule has 172 valence electrons. The average molecular weight is 458 g/mol. The van der Waals surface area contributed by atoms with Gasteiger partial charge in [0.1, 0.15) is 12.0 Å². The molecule has 0 unspecified atom stereocenters. The summed E-state index contributed by atoms with van der Waals surface area (Å²) in [7, 11) is 0. The van der Waals surface area contributed by atoms with E-state index in [1.165, 1.54) is 24.1 Å². The second kappa shape index (κ2) is 10.2. The van der Waals surface area contributed by atoms with Crippen molar-refractivity contribution in [1.82, 2.24) is 15.3 Å². The van der Waals surface area contributed by atoms with Crippen LogP contribution in [-0.4, -0.2) is 34.9 Å². The summed E-state index contributed by atoms with van der Waals surface area (Å²) in [5.41, 5.74) is 2.70. The molecular formula is C26H24FN5O2. The molecule has 8 heteroatoms. The largest absolute Gasteiger partial charge is 0.361 e. The van der Waals surface area contributed by atoms with E-state index in [-0.39, 0.29) is 17.5 Å². The molecule has 2 amide bonds.